The van der Waals surface area contributed by atoms with Crippen molar-refractivity contribution >= 4 is 41.2 Å². The molecule has 7 nitrogen and oxygen atoms in total. The molecule has 2 atom stereocenters. The summed E-state index contributed by atoms with van der Waals surface area (Å²) in [4.78, 5) is 39.5. The van der Waals surface area contributed by atoms with E-state index in [1.54, 1.807) is 28.7 Å². The van der Waals surface area contributed by atoms with Crippen LogP contribution in [0.4, 0.5) is 0 Å². The van der Waals surface area contributed by atoms with Gasteiger partial charge in [-0.05, 0) is 18.1 Å². The average Bonchev–Trinajstić information content (AvgIpc) is 3.15. The van der Waals surface area contributed by atoms with Gasteiger partial charge in [-0.3, -0.25) is 14.4 Å². The van der Waals surface area contributed by atoms with Crippen LogP contribution >= 0.6 is 23.5 Å². The first kappa shape index (κ1) is 18.8. The summed E-state index contributed by atoms with van der Waals surface area (Å²) in [5.41, 5.74) is -0.512. The van der Waals surface area contributed by atoms with Gasteiger partial charge in [0.25, 0.3) is 0 Å². The van der Waals surface area contributed by atoms with E-state index in [0.29, 0.717) is 37.2 Å². The number of hydrogen-bond acceptors (Lipinski definition) is 6. The highest BCUT2D eigenvalue weighted by Gasteiger charge is 2.46. The monoisotopic (exact) mass is 387 g/mol. The lowest BCUT2D eigenvalue weighted by Gasteiger charge is -2.49. The largest absolute Gasteiger partial charge is 0.373 e. The fraction of sp³-hybridized carbons (Fsp3) is 0.812. The molecule has 0 radical (unpaired) electrons. The van der Waals surface area contributed by atoms with Gasteiger partial charge in [0.05, 0.1) is 36.5 Å². The van der Waals surface area contributed by atoms with E-state index in [1.807, 2.05) is 0 Å². The van der Waals surface area contributed by atoms with Gasteiger partial charge in [0.1, 0.15) is 12.1 Å². The lowest BCUT2D eigenvalue weighted by atomic mass is 9.93. The van der Waals surface area contributed by atoms with Crippen molar-refractivity contribution in [1.82, 2.24) is 15.1 Å². The quantitative estimate of drug-likeness (QED) is 0.691. The number of ether oxygens (including phenoxy) is 1. The molecular weight excluding hydrogens is 362 g/mol. The first-order chi connectivity index (χ1) is 11.9. The molecule has 0 spiro atoms. The van der Waals surface area contributed by atoms with Crippen molar-refractivity contribution in [2.45, 2.75) is 24.2 Å². The second-order valence-electron chi connectivity index (χ2n) is 6.98. The van der Waals surface area contributed by atoms with Crippen molar-refractivity contribution in [3.05, 3.63) is 0 Å². The number of carbonyl (C=O) groups is 3. The van der Waals surface area contributed by atoms with Crippen LogP contribution in [0.25, 0.3) is 0 Å². The zero-order valence-corrected chi connectivity index (χ0v) is 16.3. The summed E-state index contributed by atoms with van der Waals surface area (Å²) >= 11 is 3.24. The maximum atomic E-state index is 12.3. The highest BCUT2D eigenvalue weighted by molar-refractivity contribution is 8.00. The van der Waals surface area contributed by atoms with Crippen LogP contribution in [0.2, 0.25) is 0 Å². The van der Waals surface area contributed by atoms with Gasteiger partial charge < -0.3 is 19.9 Å². The molecule has 0 aliphatic carbocycles. The minimum Gasteiger partial charge on any atom is -0.373 e. The molecule has 25 heavy (non-hydrogen) atoms. The molecule has 3 rings (SSSR count). The Morgan fingerprint density at radius 2 is 2.16 bits per heavy atom. The summed E-state index contributed by atoms with van der Waals surface area (Å²) in [6.07, 6.45) is 1.08. The normalized spacial score (nSPS) is 28.2. The van der Waals surface area contributed by atoms with Gasteiger partial charge in [0, 0.05) is 7.11 Å². The van der Waals surface area contributed by atoms with Crippen molar-refractivity contribution in [1.29, 1.82) is 0 Å². The van der Waals surface area contributed by atoms with Crippen LogP contribution in [0, 0.1) is 5.92 Å². The minimum absolute atomic E-state index is 0.0189. The Kier molecular flexibility index (Phi) is 5.85. The van der Waals surface area contributed by atoms with E-state index in [2.05, 4.69) is 12.2 Å². The number of nitrogens with zero attached hydrogens (tertiary/aromatic N) is 2. The third-order valence-corrected chi connectivity index (χ3v) is 7.58. The molecule has 0 saturated carbocycles. The molecule has 3 aliphatic heterocycles. The molecule has 3 heterocycles. The maximum Gasteiger partial charge on any atom is 0.242 e. The molecule has 3 aliphatic rings. The summed E-state index contributed by atoms with van der Waals surface area (Å²) in [5, 5.41) is 3.02. The molecule has 0 aromatic carbocycles. The van der Waals surface area contributed by atoms with E-state index in [1.165, 1.54) is 11.8 Å². The third-order valence-electron chi connectivity index (χ3n) is 5.13. The van der Waals surface area contributed by atoms with Crippen molar-refractivity contribution < 1.29 is 19.1 Å². The fourth-order valence-electron chi connectivity index (χ4n) is 3.32. The Morgan fingerprint density at radius 3 is 2.72 bits per heavy atom. The first-order valence-electron chi connectivity index (χ1n) is 8.52. The fourth-order valence-corrected chi connectivity index (χ4v) is 5.69. The second-order valence-corrected chi connectivity index (χ2v) is 9.19. The van der Waals surface area contributed by atoms with Gasteiger partial charge >= 0.3 is 0 Å². The summed E-state index contributed by atoms with van der Waals surface area (Å²) in [6, 6.07) is 0. The number of nitrogens with one attached hydrogen (secondary N) is 1. The maximum absolute atomic E-state index is 12.3. The average molecular weight is 388 g/mol. The highest BCUT2D eigenvalue weighted by Crippen LogP contribution is 2.32. The molecule has 3 fully saturated rings. The number of rotatable bonds is 6. The van der Waals surface area contributed by atoms with Gasteiger partial charge in [-0.15, -0.1) is 23.5 Å². The van der Waals surface area contributed by atoms with Crippen LogP contribution in [0.1, 0.15) is 13.3 Å². The Labute approximate surface area is 156 Å². The van der Waals surface area contributed by atoms with E-state index >= 15 is 0 Å². The lowest BCUT2D eigenvalue weighted by Crippen LogP contribution is -2.69. The zero-order chi connectivity index (χ0) is 18.0. The van der Waals surface area contributed by atoms with E-state index < -0.39 is 5.60 Å². The van der Waals surface area contributed by atoms with Crippen molar-refractivity contribution in [2.24, 2.45) is 5.92 Å². The molecular formula is C16H25N3O4S2. The van der Waals surface area contributed by atoms with E-state index in [-0.39, 0.29) is 29.5 Å². The Balaban J connectivity index is 1.45. The molecule has 3 saturated heterocycles. The topological polar surface area (TPSA) is 79.0 Å². The van der Waals surface area contributed by atoms with E-state index in [9.17, 15) is 14.4 Å². The standard InChI is InChI=1S/C16H25N3O4S2/c1-11-3-4-25-14(11)15(22)17-7-16(23-2)8-19(9-16)12(20)5-18-10-24-6-13(18)21/h11,14H,3-10H2,1-2H3,(H,17,22). The SMILES string of the molecule is COC1(CNC(=O)C2SCCC2C)CN(C(=O)CN2CSCC2=O)C1. The van der Waals surface area contributed by atoms with E-state index in [0.717, 1.165) is 12.2 Å². The first-order valence-corrected chi connectivity index (χ1v) is 10.7. The van der Waals surface area contributed by atoms with Gasteiger partial charge in [-0.2, -0.15) is 0 Å². The molecule has 140 valence electrons. The van der Waals surface area contributed by atoms with Gasteiger partial charge in [-0.1, -0.05) is 6.92 Å². The number of hydrogen-bond donors (Lipinski definition) is 1. The molecule has 3 amide bonds. The van der Waals surface area contributed by atoms with E-state index in [4.69, 9.17) is 4.74 Å². The highest BCUT2D eigenvalue weighted by atomic mass is 32.2. The minimum atomic E-state index is -0.512. The smallest absolute Gasteiger partial charge is 0.242 e. The third kappa shape index (κ3) is 4.09. The van der Waals surface area contributed by atoms with Crippen LogP contribution in [-0.4, -0.2) is 89.0 Å². The summed E-state index contributed by atoms with van der Waals surface area (Å²) in [7, 11) is 1.61. The molecule has 0 bridgehead atoms. The molecule has 2 unspecified atom stereocenters. The molecule has 0 aromatic rings. The lowest BCUT2D eigenvalue weighted by molar-refractivity contribution is -0.163. The molecule has 9 heteroatoms. The second kappa shape index (κ2) is 7.75. The Bertz CT molecular complexity index is 553. The molecule has 1 N–H and O–H groups in total. The van der Waals surface area contributed by atoms with Crippen molar-refractivity contribution in [3.63, 3.8) is 0 Å². The zero-order valence-electron chi connectivity index (χ0n) is 14.7. The van der Waals surface area contributed by atoms with Crippen LogP contribution in [0.15, 0.2) is 0 Å². The number of likely N-dealkylation sites (tertiary alicyclic amines) is 1. The summed E-state index contributed by atoms with van der Waals surface area (Å²) in [6.45, 7) is 3.55. The number of methoxy groups -OCH3 is 1. The van der Waals surface area contributed by atoms with Crippen LogP contribution in [-0.2, 0) is 19.1 Å². The van der Waals surface area contributed by atoms with Crippen LogP contribution in [0.3, 0.4) is 0 Å². The Hall–Kier alpha value is -0.930. The Morgan fingerprint density at radius 1 is 1.40 bits per heavy atom. The summed E-state index contributed by atoms with van der Waals surface area (Å²) in [5.74, 6) is 2.50. The van der Waals surface area contributed by atoms with Gasteiger partial charge in [-0.25, -0.2) is 0 Å². The van der Waals surface area contributed by atoms with Crippen molar-refractivity contribution in [2.75, 3.05) is 50.7 Å². The summed E-state index contributed by atoms with van der Waals surface area (Å²) < 4.78 is 5.59. The molecule has 0 aromatic heterocycles. The number of thioether (sulfide) groups is 2. The predicted molar refractivity (Wildman–Crippen MR) is 98.4 cm³/mol. The predicted octanol–water partition coefficient (Wildman–Crippen LogP) is 0.00450. The number of carbonyl (C=O) groups excluding carboxylic acids is 3. The van der Waals surface area contributed by atoms with Crippen molar-refractivity contribution in [3.8, 4) is 0 Å². The van der Waals surface area contributed by atoms with Crippen LogP contribution in [0.5, 0.6) is 0 Å². The van der Waals surface area contributed by atoms with Gasteiger partial charge in [0.2, 0.25) is 17.7 Å². The number of amides is 3. The van der Waals surface area contributed by atoms with Crippen LogP contribution < -0.4 is 5.32 Å². The van der Waals surface area contributed by atoms with Gasteiger partial charge in [0.15, 0.2) is 0 Å².